The number of esters is 1. The van der Waals surface area contributed by atoms with Gasteiger partial charge >= 0.3 is 11.7 Å². The van der Waals surface area contributed by atoms with E-state index in [-0.39, 0.29) is 5.71 Å². The van der Waals surface area contributed by atoms with Gasteiger partial charge in [-0.1, -0.05) is 45.4 Å². The van der Waals surface area contributed by atoms with Crippen LogP contribution in [0.1, 0.15) is 79.1 Å². The van der Waals surface area contributed by atoms with Crippen LogP contribution in [0.2, 0.25) is 0 Å². The first-order chi connectivity index (χ1) is 8.90. The van der Waals surface area contributed by atoms with Crippen LogP contribution in [0.3, 0.4) is 0 Å². The van der Waals surface area contributed by atoms with Crippen LogP contribution in [-0.4, -0.2) is 22.1 Å². The Morgan fingerprint density at radius 2 is 1.58 bits per heavy atom. The summed E-state index contributed by atoms with van der Waals surface area (Å²) < 4.78 is 5.17. The summed E-state index contributed by atoms with van der Waals surface area (Å²) in [5.74, 6) is -0.513. The Labute approximate surface area is 117 Å². The minimum Gasteiger partial charge on any atom is -0.451 e. The molecule has 0 saturated heterocycles. The number of ether oxygens (including phenoxy) is 1. The Balaban J connectivity index is 3.84. The number of carbonyl (C=O) groups is 1. The van der Waals surface area contributed by atoms with Gasteiger partial charge in [-0.15, -0.1) is 0 Å². The van der Waals surface area contributed by atoms with Crippen molar-refractivity contribution in [1.29, 1.82) is 0 Å². The molecular weight excluding hydrogens is 240 g/mol. The van der Waals surface area contributed by atoms with E-state index < -0.39 is 11.6 Å². The molecule has 19 heavy (non-hydrogen) atoms. The van der Waals surface area contributed by atoms with Crippen LogP contribution in [0.15, 0.2) is 0 Å². The standard InChI is InChI=1S/C15H28N2O2/c1-5-6-7-8-9-10-11-12-13(17-16)14(18)19-15(2,3)4/h5-12H2,1-4H3. The molecule has 0 atom stereocenters. The van der Waals surface area contributed by atoms with Crippen molar-refractivity contribution >= 4 is 11.7 Å². The van der Waals surface area contributed by atoms with Crippen molar-refractivity contribution < 1.29 is 14.3 Å². The molecule has 4 nitrogen and oxygen atoms in total. The van der Waals surface area contributed by atoms with Gasteiger partial charge in [0.2, 0.25) is 0 Å². The normalized spacial score (nSPS) is 10.9. The van der Waals surface area contributed by atoms with Crippen molar-refractivity contribution in [2.24, 2.45) is 0 Å². The second kappa shape index (κ2) is 9.74. The SMILES string of the molecule is CCCCCCCCCC(=[N+]=[N-])C(=O)OC(C)(C)C. The summed E-state index contributed by atoms with van der Waals surface area (Å²) >= 11 is 0. The summed E-state index contributed by atoms with van der Waals surface area (Å²) in [6, 6.07) is 0. The lowest BCUT2D eigenvalue weighted by Gasteiger charge is -2.17. The molecular formula is C15H28N2O2. The molecule has 0 bridgehead atoms. The molecule has 110 valence electrons. The molecule has 0 aromatic heterocycles. The zero-order valence-corrected chi connectivity index (χ0v) is 12.9. The van der Waals surface area contributed by atoms with E-state index in [1.54, 1.807) is 20.8 Å². The van der Waals surface area contributed by atoms with Crippen LogP contribution in [0, 0.1) is 0 Å². The molecule has 0 aliphatic heterocycles. The molecule has 0 aromatic rings. The molecule has 0 unspecified atom stereocenters. The fourth-order valence-electron chi connectivity index (χ4n) is 1.78. The lowest BCUT2D eigenvalue weighted by Crippen LogP contribution is -2.29. The van der Waals surface area contributed by atoms with E-state index in [1.165, 1.54) is 32.1 Å². The zero-order chi connectivity index (χ0) is 14.7. The summed E-state index contributed by atoms with van der Waals surface area (Å²) in [5.41, 5.74) is 8.43. The molecule has 0 rings (SSSR count). The van der Waals surface area contributed by atoms with Gasteiger partial charge in [-0.25, -0.2) is 4.79 Å². The maximum absolute atomic E-state index is 11.7. The van der Waals surface area contributed by atoms with Crippen molar-refractivity contribution in [3.05, 3.63) is 5.53 Å². The van der Waals surface area contributed by atoms with E-state index in [1.807, 2.05) is 0 Å². The summed E-state index contributed by atoms with van der Waals surface area (Å²) in [4.78, 5) is 14.7. The van der Waals surface area contributed by atoms with E-state index in [9.17, 15) is 4.79 Å². The molecule has 0 fully saturated rings. The Morgan fingerprint density at radius 1 is 1.05 bits per heavy atom. The van der Waals surface area contributed by atoms with E-state index >= 15 is 0 Å². The third-order valence-corrected chi connectivity index (χ3v) is 2.77. The predicted octanol–water partition coefficient (Wildman–Crippen LogP) is 4.14. The van der Waals surface area contributed by atoms with Gasteiger partial charge < -0.3 is 10.3 Å². The highest BCUT2D eigenvalue weighted by molar-refractivity contribution is 6.33. The summed E-state index contributed by atoms with van der Waals surface area (Å²) in [6.07, 6.45) is 8.65. The fourth-order valence-corrected chi connectivity index (χ4v) is 1.78. The van der Waals surface area contributed by atoms with Crippen molar-refractivity contribution in [3.63, 3.8) is 0 Å². The highest BCUT2D eigenvalue weighted by Crippen LogP contribution is 2.11. The lowest BCUT2D eigenvalue weighted by molar-refractivity contribution is -0.151. The first kappa shape index (κ1) is 17.8. The number of hydrogen-bond acceptors (Lipinski definition) is 2. The van der Waals surface area contributed by atoms with Gasteiger partial charge in [0.25, 0.3) is 0 Å². The van der Waals surface area contributed by atoms with Crippen LogP contribution in [-0.2, 0) is 9.53 Å². The van der Waals surface area contributed by atoms with Crippen LogP contribution in [0.25, 0.3) is 5.53 Å². The van der Waals surface area contributed by atoms with Crippen LogP contribution < -0.4 is 0 Å². The largest absolute Gasteiger partial charge is 0.451 e. The molecule has 0 spiro atoms. The smallest absolute Gasteiger partial charge is 0.417 e. The number of nitrogens with zero attached hydrogens (tertiary/aromatic N) is 2. The molecule has 0 heterocycles. The predicted molar refractivity (Wildman–Crippen MR) is 77.1 cm³/mol. The van der Waals surface area contributed by atoms with Crippen molar-refractivity contribution in [2.75, 3.05) is 0 Å². The van der Waals surface area contributed by atoms with Crippen molar-refractivity contribution in [3.8, 4) is 0 Å². The number of hydrogen-bond donors (Lipinski definition) is 0. The Kier molecular flexibility index (Phi) is 9.15. The molecule has 0 amide bonds. The highest BCUT2D eigenvalue weighted by atomic mass is 16.6. The Bertz CT molecular complexity index is 313. The molecule has 4 heteroatoms. The van der Waals surface area contributed by atoms with Crippen LogP contribution in [0.4, 0.5) is 0 Å². The van der Waals surface area contributed by atoms with Gasteiger partial charge in [0, 0.05) is 0 Å². The van der Waals surface area contributed by atoms with Crippen molar-refractivity contribution in [1.82, 2.24) is 0 Å². The molecule has 0 aliphatic carbocycles. The topological polar surface area (TPSA) is 62.7 Å². The third kappa shape index (κ3) is 10.5. The summed E-state index contributed by atoms with van der Waals surface area (Å²) in [6.45, 7) is 7.60. The van der Waals surface area contributed by atoms with Gasteiger partial charge in [0.1, 0.15) is 5.60 Å². The van der Waals surface area contributed by atoms with Crippen molar-refractivity contribution in [2.45, 2.75) is 84.7 Å². The minimum absolute atomic E-state index is 0.128. The Hall–Kier alpha value is -1.15. The first-order valence-electron chi connectivity index (χ1n) is 7.35. The van der Waals surface area contributed by atoms with E-state index in [0.717, 1.165) is 12.8 Å². The number of unbranched alkanes of at least 4 members (excludes halogenated alkanes) is 6. The zero-order valence-electron chi connectivity index (χ0n) is 12.9. The van der Waals surface area contributed by atoms with Crippen LogP contribution >= 0.6 is 0 Å². The molecule has 0 radical (unpaired) electrons. The maximum atomic E-state index is 11.7. The quantitative estimate of drug-likeness (QED) is 0.207. The second-order valence-corrected chi connectivity index (χ2v) is 5.92. The van der Waals surface area contributed by atoms with Gasteiger partial charge in [-0.2, -0.15) is 4.79 Å². The lowest BCUT2D eigenvalue weighted by atomic mass is 10.1. The molecule has 0 aliphatic rings. The van der Waals surface area contributed by atoms with Gasteiger partial charge in [-0.3, -0.25) is 0 Å². The molecule has 0 saturated carbocycles. The van der Waals surface area contributed by atoms with Gasteiger partial charge in [0.05, 0.1) is 6.42 Å². The second-order valence-electron chi connectivity index (χ2n) is 5.92. The van der Waals surface area contributed by atoms with E-state index in [4.69, 9.17) is 10.3 Å². The van der Waals surface area contributed by atoms with E-state index in [0.29, 0.717) is 6.42 Å². The summed E-state index contributed by atoms with van der Waals surface area (Å²) in [7, 11) is 0. The molecule has 0 N–H and O–H groups in total. The highest BCUT2D eigenvalue weighted by Gasteiger charge is 2.26. The fraction of sp³-hybridized carbons (Fsp3) is 0.867. The average molecular weight is 268 g/mol. The average Bonchev–Trinajstić information content (AvgIpc) is 2.30. The number of carbonyl (C=O) groups excluding carboxylic acids is 1. The van der Waals surface area contributed by atoms with E-state index in [2.05, 4.69) is 11.7 Å². The van der Waals surface area contributed by atoms with Gasteiger partial charge in [0.15, 0.2) is 0 Å². The molecule has 0 aromatic carbocycles. The monoisotopic (exact) mass is 268 g/mol. The Morgan fingerprint density at radius 3 is 2.05 bits per heavy atom. The third-order valence-electron chi connectivity index (χ3n) is 2.77. The van der Waals surface area contributed by atoms with Crippen LogP contribution in [0.5, 0.6) is 0 Å². The minimum atomic E-state index is -0.548. The summed E-state index contributed by atoms with van der Waals surface area (Å²) in [5, 5.41) is 0. The number of rotatable bonds is 9. The first-order valence-corrected chi connectivity index (χ1v) is 7.35. The maximum Gasteiger partial charge on any atom is 0.417 e. The van der Waals surface area contributed by atoms with Gasteiger partial charge in [-0.05, 0) is 27.2 Å².